The third-order valence-electron chi connectivity index (χ3n) is 1.95. The minimum Gasteiger partial charge on any atom is -0.390 e. The van der Waals surface area contributed by atoms with Gasteiger partial charge in [0.15, 0.2) is 0 Å². The molecule has 1 fully saturated rings. The van der Waals surface area contributed by atoms with Crippen molar-refractivity contribution in [1.29, 1.82) is 0 Å². The molecule has 0 aromatic carbocycles. The van der Waals surface area contributed by atoms with Gasteiger partial charge in [0.25, 0.3) is 0 Å². The van der Waals surface area contributed by atoms with Crippen molar-refractivity contribution in [3.05, 3.63) is 0 Å². The van der Waals surface area contributed by atoms with E-state index in [1.165, 1.54) is 0 Å². The summed E-state index contributed by atoms with van der Waals surface area (Å²) in [4.78, 5) is 0. The van der Waals surface area contributed by atoms with Gasteiger partial charge < -0.3 is 19.7 Å². The van der Waals surface area contributed by atoms with Gasteiger partial charge in [-0.15, -0.1) is 0 Å². The maximum Gasteiger partial charge on any atom is 0.147 e. The van der Waals surface area contributed by atoms with Gasteiger partial charge in [-0.2, -0.15) is 0 Å². The van der Waals surface area contributed by atoms with E-state index >= 15 is 0 Å². The van der Waals surface area contributed by atoms with E-state index < -0.39 is 18.3 Å². The zero-order chi connectivity index (χ0) is 9.84. The number of hydrogen-bond donors (Lipinski definition) is 2. The molecule has 0 radical (unpaired) electrons. The summed E-state index contributed by atoms with van der Waals surface area (Å²) in [6.45, 7) is 0.156. The highest BCUT2D eigenvalue weighted by molar-refractivity contribution is 14.1. The zero-order valence-electron chi connectivity index (χ0n) is 6.90. The van der Waals surface area contributed by atoms with Crippen molar-refractivity contribution in [2.45, 2.75) is 24.4 Å². The fraction of sp³-hybridized carbons (Fsp3) is 1.00. The Bertz CT molecular complexity index is 157. The van der Waals surface area contributed by atoms with E-state index in [0.717, 1.165) is 0 Å². The molecule has 78 valence electrons. The Hall–Kier alpha value is 1.30. The molecule has 1 aliphatic rings. The zero-order valence-corrected chi connectivity index (χ0v) is 11.2. The summed E-state index contributed by atoms with van der Waals surface area (Å²) in [7, 11) is 0. The van der Waals surface area contributed by atoms with Gasteiger partial charge in [-0.25, -0.2) is 0 Å². The van der Waals surface area contributed by atoms with Crippen LogP contribution in [0.1, 0.15) is 0 Å². The van der Waals surface area contributed by atoms with Crippen molar-refractivity contribution in [2.75, 3.05) is 15.6 Å². The summed E-state index contributed by atoms with van der Waals surface area (Å²) < 4.78 is 11.6. The highest BCUT2D eigenvalue weighted by Crippen LogP contribution is 2.19. The molecule has 1 heterocycles. The Kier molecular flexibility index (Phi) is 5.72. The van der Waals surface area contributed by atoms with Crippen molar-refractivity contribution < 1.29 is 19.7 Å². The quantitative estimate of drug-likeness (QED) is 0.517. The molecule has 0 amide bonds. The van der Waals surface area contributed by atoms with Gasteiger partial charge in [-0.1, -0.05) is 45.2 Å². The van der Waals surface area contributed by atoms with Crippen molar-refractivity contribution in [1.82, 2.24) is 0 Å². The van der Waals surface area contributed by atoms with Crippen molar-refractivity contribution in [3.63, 3.8) is 0 Å². The first kappa shape index (κ1) is 12.4. The smallest absolute Gasteiger partial charge is 0.147 e. The van der Waals surface area contributed by atoms with E-state index in [1.807, 2.05) is 0 Å². The number of aliphatic hydroxyl groups is 2. The monoisotopic (exact) mass is 414 g/mol. The molecule has 1 rings (SSSR count). The largest absolute Gasteiger partial charge is 0.390 e. The van der Waals surface area contributed by atoms with Gasteiger partial charge >= 0.3 is 0 Å². The topological polar surface area (TPSA) is 58.9 Å². The van der Waals surface area contributed by atoms with Crippen molar-refractivity contribution in [3.8, 4) is 0 Å². The molecule has 1 aliphatic heterocycles. The minimum atomic E-state index is -0.726. The molecule has 13 heavy (non-hydrogen) atoms. The summed E-state index contributed by atoms with van der Waals surface area (Å²) in [5, 5.41) is 19.2. The van der Waals surface area contributed by atoms with E-state index in [2.05, 4.69) is 45.2 Å². The van der Waals surface area contributed by atoms with Crippen LogP contribution in [0.25, 0.3) is 0 Å². The van der Waals surface area contributed by atoms with Gasteiger partial charge in [0, 0.05) is 8.86 Å². The van der Waals surface area contributed by atoms with E-state index in [-0.39, 0.29) is 12.9 Å². The van der Waals surface area contributed by atoms with Crippen LogP contribution in [0.15, 0.2) is 0 Å². The molecular formula is C7H12I2O4. The fourth-order valence-corrected chi connectivity index (χ4v) is 2.45. The predicted octanol–water partition coefficient (Wildman–Crippen LogP) is 0.320. The van der Waals surface area contributed by atoms with Gasteiger partial charge in [-0.05, 0) is 0 Å². The van der Waals surface area contributed by atoms with E-state index in [9.17, 15) is 10.2 Å². The highest BCUT2D eigenvalue weighted by atomic mass is 127. The van der Waals surface area contributed by atoms with Crippen LogP contribution in [0, 0.1) is 0 Å². The molecule has 0 aliphatic carbocycles. The van der Waals surface area contributed by atoms with Crippen LogP contribution in [0.4, 0.5) is 0 Å². The van der Waals surface area contributed by atoms with E-state index in [4.69, 9.17) is 9.47 Å². The first-order valence-corrected chi connectivity index (χ1v) is 6.97. The normalized spacial score (nSPS) is 37.4. The Labute approximate surface area is 104 Å². The number of aliphatic hydroxyl groups excluding tert-OH is 2. The number of ether oxygens (including phenoxy) is 2. The third-order valence-corrected chi connectivity index (χ3v) is 3.72. The van der Waals surface area contributed by atoms with Gasteiger partial charge in [0.1, 0.15) is 19.0 Å². The molecule has 2 N–H and O–H groups in total. The van der Waals surface area contributed by atoms with Crippen LogP contribution in [0.5, 0.6) is 0 Å². The van der Waals surface area contributed by atoms with Crippen LogP contribution >= 0.6 is 45.2 Å². The summed E-state index contributed by atoms with van der Waals surface area (Å²) in [6, 6.07) is 0. The van der Waals surface area contributed by atoms with Gasteiger partial charge in [0.05, 0.1) is 12.2 Å². The molecule has 0 unspecified atom stereocenters. The second-order valence-corrected chi connectivity index (χ2v) is 4.58. The summed E-state index contributed by atoms with van der Waals surface area (Å²) in [6.07, 6.45) is -2.08. The maximum atomic E-state index is 9.71. The Morgan fingerprint density at radius 1 is 1.38 bits per heavy atom. The number of alkyl halides is 2. The average Bonchev–Trinajstić information content (AvgIpc) is 2.17. The van der Waals surface area contributed by atoms with Crippen LogP contribution in [0.3, 0.4) is 0 Å². The standard InChI is InChI=1S/C7H12I2O4/c8-1-4(10)7-6(11)5(2-9)12-3-13-7/h4-7,10-11H,1-3H2/t4-,5-,6+,7+/m1/s1. The number of halogens is 2. The minimum absolute atomic E-state index is 0.156. The number of rotatable bonds is 3. The van der Waals surface area contributed by atoms with Crippen molar-refractivity contribution in [2.24, 2.45) is 0 Å². The lowest BCUT2D eigenvalue weighted by Gasteiger charge is -2.35. The molecule has 0 aromatic heterocycles. The first-order chi connectivity index (χ1) is 6.20. The lowest BCUT2D eigenvalue weighted by molar-refractivity contribution is -0.241. The molecule has 0 aromatic rings. The maximum absolute atomic E-state index is 9.71. The molecule has 4 nitrogen and oxygen atoms in total. The Balaban J connectivity index is 2.54. The molecule has 0 spiro atoms. The second-order valence-electron chi connectivity index (χ2n) is 2.82. The lowest BCUT2D eigenvalue weighted by Crippen LogP contribution is -2.52. The van der Waals surface area contributed by atoms with Crippen LogP contribution in [-0.4, -0.2) is 50.3 Å². The highest BCUT2D eigenvalue weighted by Gasteiger charge is 2.36. The summed E-state index contributed by atoms with van der Waals surface area (Å²) >= 11 is 4.20. The van der Waals surface area contributed by atoms with Crippen LogP contribution < -0.4 is 0 Å². The molecule has 4 atom stereocenters. The van der Waals surface area contributed by atoms with Crippen LogP contribution in [0.2, 0.25) is 0 Å². The summed E-state index contributed by atoms with van der Waals surface area (Å²) in [5.41, 5.74) is 0. The molecular weight excluding hydrogens is 402 g/mol. The van der Waals surface area contributed by atoms with E-state index in [1.54, 1.807) is 0 Å². The third kappa shape index (κ3) is 3.13. The predicted molar refractivity (Wildman–Crippen MR) is 64.4 cm³/mol. The van der Waals surface area contributed by atoms with E-state index in [0.29, 0.717) is 8.86 Å². The molecule has 1 saturated heterocycles. The molecule has 0 bridgehead atoms. The van der Waals surface area contributed by atoms with Crippen molar-refractivity contribution >= 4 is 45.2 Å². The molecule has 0 saturated carbocycles. The SMILES string of the molecule is O[C@@H]1[C@H]([C@H](O)CI)OCO[C@@H]1CI. The number of hydrogen-bond acceptors (Lipinski definition) is 4. The fourth-order valence-electron chi connectivity index (χ4n) is 1.18. The molecule has 6 heteroatoms. The average molecular weight is 414 g/mol. The summed E-state index contributed by atoms with van der Waals surface area (Å²) in [5.74, 6) is 0. The first-order valence-electron chi connectivity index (χ1n) is 3.92. The Morgan fingerprint density at radius 3 is 2.62 bits per heavy atom. The lowest BCUT2D eigenvalue weighted by atomic mass is 10.0. The Morgan fingerprint density at radius 2 is 2.08 bits per heavy atom. The van der Waals surface area contributed by atoms with Gasteiger partial charge in [-0.3, -0.25) is 0 Å². The van der Waals surface area contributed by atoms with Gasteiger partial charge in [0.2, 0.25) is 0 Å². The second kappa shape index (κ2) is 6.01. The van der Waals surface area contributed by atoms with Crippen LogP contribution in [-0.2, 0) is 9.47 Å².